The first-order valence-electron chi connectivity index (χ1n) is 7.26. The number of hydrogen-bond acceptors (Lipinski definition) is 4. The molecule has 19 heavy (non-hydrogen) atoms. The summed E-state index contributed by atoms with van der Waals surface area (Å²) in [5.74, 6) is 0.667. The molecular weight excluding hydrogens is 238 g/mol. The Hall–Kier alpha value is -0.970. The van der Waals surface area contributed by atoms with Crippen LogP contribution in [0.4, 0.5) is 0 Å². The minimum atomic E-state index is 0.460. The van der Waals surface area contributed by atoms with Crippen LogP contribution in [0.15, 0.2) is 24.5 Å². The van der Waals surface area contributed by atoms with Crippen LogP contribution >= 0.6 is 0 Å². The van der Waals surface area contributed by atoms with E-state index in [1.807, 2.05) is 12.4 Å². The van der Waals surface area contributed by atoms with E-state index in [4.69, 9.17) is 10.5 Å². The van der Waals surface area contributed by atoms with E-state index in [1.165, 1.54) is 5.56 Å². The molecular formula is C15H25N3O. The number of nitrogens with zero attached hydrogens (tertiary/aromatic N) is 2. The minimum absolute atomic E-state index is 0.460. The highest BCUT2D eigenvalue weighted by Gasteiger charge is 2.27. The molecule has 106 valence electrons. The van der Waals surface area contributed by atoms with Crippen LogP contribution in [-0.2, 0) is 11.3 Å². The van der Waals surface area contributed by atoms with Crippen molar-refractivity contribution in [1.82, 2.24) is 9.88 Å². The van der Waals surface area contributed by atoms with E-state index in [9.17, 15) is 0 Å². The molecule has 1 aliphatic heterocycles. The van der Waals surface area contributed by atoms with E-state index in [-0.39, 0.29) is 0 Å². The lowest BCUT2D eigenvalue weighted by Gasteiger charge is -2.37. The summed E-state index contributed by atoms with van der Waals surface area (Å²) in [7, 11) is 0. The van der Waals surface area contributed by atoms with Crippen molar-refractivity contribution in [1.29, 1.82) is 0 Å². The maximum Gasteiger partial charge on any atom is 0.0469 e. The Morgan fingerprint density at radius 2 is 2.05 bits per heavy atom. The van der Waals surface area contributed by atoms with Gasteiger partial charge in [0.25, 0.3) is 0 Å². The van der Waals surface area contributed by atoms with Gasteiger partial charge in [-0.3, -0.25) is 9.88 Å². The molecule has 1 aromatic heterocycles. The zero-order chi connectivity index (χ0) is 13.5. The van der Waals surface area contributed by atoms with Gasteiger partial charge in [-0.25, -0.2) is 0 Å². The summed E-state index contributed by atoms with van der Waals surface area (Å²) < 4.78 is 5.46. The second kappa shape index (κ2) is 7.58. The van der Waals surface area contributed by atoms with Gasteiger partial charge in [0.2, 0.25) is 0 Å². The zero-order valence-corrected chi connectivity index (χ0v) is 11.8. The number of ether oxygens (including phenoxy) is 1. The topological polar surface area (TPSA) is 51.4 Å². The fourth-order valence-corrected chi connectivity index (χ4v) is 2.93. The van der Waals surface area contributed by atoms with E-state index < -0.39 is 0 Å². The molecule has 0 saturated carbocycles. The Morgan fingerprint density at radius 1 is 1.37 bits per heavy atom. The fourth-order valence-electron chi connectivity index (χ4n) is 2.93. The molecule has 1 unspecified atom stereocenters. The first kappa shape index (κ1) is 14.4. The number of nitrogens with two attached hydrogens (primary N) is 1. The van der Waals surface area contributed by atoms with Gasteiger partial charge in [-0.15, -0.1) is 0 Å². The summed E-state index contributed by atoms with van der Waals surface area (Å²) in [6.45, 7) is 6.69. The molecule has 1 fully saturated rings. The van der Waals surface area contributed by atoms with Gasteiger partial charge in [-0.05, 0) is 43.0 Å². The van der Waals surface area contributed by atoms with Gasteiger partial charge in [0.1, 0.15) is 0 Å². The Bertz CT molecular complexity index is 352. The first-order valence-corrected chi connectivity index (χ1v) is 7.26. The molecule has 2 heterocycles. The van der Waals surface area contributed by atoms with E-state index in [1.54, 1.807) is 0 Å². The van der Waals surface area contributed by atoms with E-state index >= 15 is 0 Å². The number of aromatic nitrogens is 1. The average Bonchev–Trinajstić information content (AvgIpc) is 2.49. The van der Waals surface area contributed by atoms with Crippen LogP contribution in [0.25, 0.3) is 0 Å². The fraction of sp³-hybridized carbons (Fsp3) is 0.667. The van der Waals surface area contributed by atoms with Crippen LogP contribution in [0, 0.1) is 5.92 Å². The Morgan fingerprint density at radius 3 is 2.63 bits per heavy atom. The number of hydrogen-bond donors (Lipinski definition) is 1. The smallest absolute Gasteiger partial charge is 0.0469 e. The number of rotatable bonds is 6. The molecule has 1 saturated heterocycles. The second-order valence-corrected chi connectivity index (χ2v) is 5.17. The third kappa shape index (κ3) is 4.00. The van der Waals surface area contributed by atoms with Gasteiger partial charge < -0.3 is 10.5 Å². The van der Waals surface area contributed by atoms with Crippen molar-refractivity contribution in [3.63, 3.8) is 0 Å². The maximum absolute atomic E-state index is 6.04. The van der Waals surface area contributed by atoms with Gasteiger partial charge in [-0.2, -0.15) is 0 Å². The highest BCUT2D eigenvalue weighted by atomic mass is 16.5. The first-order chi connectivity index (χ1) is 9.35. The minimum Gasteiger partial charge on any atom is -0.381 e. The molecule has 0 bridgehead atoms. The predicted molar refractivity (Wildman–Crippen MR) is 76.7 cm³/mol. The second-order valence-electron chi connectivity index (χ2n) is 5.17. The number of pyridine rings is 1. The Kier molecular flexibility index (Phi) is 5.76. The highest BCUT2D eigenvalue weighted by molar-refractivity contribution is 5.09. The third-order valence-corrected chi connectivity index (χ3v) is 4.06. The predicted octanol–water partition coefficient (Wildman–Crippen LogP) is 1.66. The highest BCUT2D eigenvalue weighted by Crippen LogP contribution is 2.23. The molecule has 1 aliphatic rings. The van der Waals surface area contributed by atoms with Gasteiger partial charge in [0, 0.05) is 44.7 Å². The lowest BCUT2D eigenvalue weighted by Crippen LogP contribution is -2.46. The van der Waals surface area contributed by atoms with Crippen LogP contribution in [0.5, 0.6) is 0 Å². The molecule has 0 aliphatic carbocycles. The third-order valence-electron chi connectivity index (χ3n) is 4.06. The summed E-state index contributed by atoms with van der Waals surface area (Å²) >= 11 is 0. The number of likely N-dealkylation sites (N-methyl/N-ethyl adjacent to an activating group) is 1. The SMILES string of the molecule is CCN(Cc1ccncc1)C(CN)C1CCOCC1. The van der Waals surface area contributed by atoms with Crippen molar-refractivity contribution < 1.29 is 4.74 Å². The molecule has 0 radical (unpaired) electrons. The van der Waals surface area contributed by atoms with Gasteiger partial charge in [0.05, 0.1) is 0 Å². The monoisotopic (exact) mass is 263 g/mol. The summed E-state index contributed by atoms with van der Waals surface area (Å²) in [4.78, 5) is 6.57. The Labute approximate surface area is 116 Å². The zero-order valence-electron chi connectivity index (χ0n) is 11.8. The Balaban J connectivity index is 2.01. The molecule has 0 amide bonds. The summed E-state index contributed by atoms with van der Waals surface area (Å²) in [6, 6.07) is 4.63. The van der Waals surface area contributed by atoms with Gasteiger partial charge in [0.15, 0.2) is 0 Å². The lowest BCUT2D eigenvalue weighted by molar-refractivity contribution is 0.0267. The summed E-state index contributed by atoms with van der Waals surface area (Å²) in [5, 5.41) is 0. The molecule has 4 nitrogen and oxygen atoms in total. The van der Waals surface area contributed by atoms with Crippen molar-refractivity contribution in [2.24, 2.45) is 11.7 Å². The maximum atomic E-state index is 6.04. The van der Waals surface area contributed by atoms with E-state index in [2.05, 4.69) is 28.9 Å². The van der Waals surface area contributed by atoms with Gasteiger partial charge >= 0.3 is 0 Å². The molecule has 0 aromatic carbocycles. The quantitative estimate of drug-likeness (QED) is 0.848. The molecule has 2 rings (SSSR count). The average molecular weight is 263 g/mol. The van der Waals surface area contributed by atoms with Crippen molar-refractivity contribution in [3.05, 3.63) is 30.1 Å². The van der Waals surface area contributed by atoms with Crippen LogP contribution < -0.4 is 5.73 Å². The van der Waals surface area contributed by atoms with Crippen LogP contribution in [0.1, 0.15) is 25.3 Å². The molecule has 1 atom stereocenters. The van der Waals surface area contributed by atoms with Crippen molar-refractivity contribution >= 4 is 0 Å². The van der Waals surface area contributed by atoms with E-state index in [0.29, 0.717) is 12.0 Å². The standard InChI is InChI=1S/C15H25N3O/c1-2-18(12-13-3-7-17-8-4-13)15(11-16)14-5-9-19-10-6-14/h3-4,7-8,14-15H,2,5-6,9-12,16H2,1H3. The largest absolute Gasteiger partial charge is 0.381 e. The molecule has 1 aromatic rings. The normalized spacial score (nSPS) is 18.7. The molecule has 4 heteroatoms. The molecule has 0 spiro atoms. The van der Waals surface area contributed by atoms with Crippen LogP contribution in [0.3, 0.4) is 0 Å². The molecule has 2 N–H and O–H groups in total. The van der Waals surface area contributed by atoms with Crippen LogP contribution in [-0.4, -0.2) is 42.2 Å². The van der Waals surface area contributed by atoms with Crippen molar-refractivity contribution in [2.45, 2.75) is 32.4 Å². The van der Waals surface area contributed by atoms with Crippen LogP contribution in [0.2, 0.25) is 0 Å². The van der Waals surface area contributed by atoms with E-state index in [0.717, 1.165) is 45.7 Å². The van der Waals surface area contributed by atoms with Crippen molar-refractivity contribution in [3.8, 4) is 0 Å². The lowest BCUT2D eigenvalue weighted by atomic mass is 9.90. The summed E-state index contributed by atoms with van der Waals surface area (Å²) in [6.07, 6.45) is 5.98. The summed E-state index contributed by atoms with van der Waals surface area (Å²) in [5.41, 5.74) is 7.35. The van der Waals surface area contributed by atoms with Gasteiger partial charge in [-0.1, -0.05) is 6.92 Å². The van der Waals surface area contributed by atoms with Crippen molar-refractivity contribution in [2.75, 3.05) is 26.3 Å².